The van der Waals surface area contributed by atoms with E-state index < -0.39 is 0 Å². The lowest BCUT2D eigenvalue weighted by atomic mass is 9.91. The molecule has 0 N–H and O–H groups in total. The fraction of sp³-hybridized carbons (Fsp3) is 0.310. The Labute approximate surface area is 216 Å². The molecule has 0 saturated carbocycles. The first kappa shape index (κ1) is 24.5. The van der Waals surface area contributed by atoms with E-state index in [1.54, 1.807) is 19.1 Å². The summed E-state index contributed by atoms with van der Waals surface area (Å²) in [5.74, 6) is 2.62. The quantitative estimate of drug-likeness (QED) is 0.333. The first-order valence-electron chi connectivity index (χ1n) is 12.3. The summed E-state index contributed by atoms with van der Waals surface area (Å²) in [5, 5.41) is 0. The lowest BCUT2D eigenvalue weighted by molar-refractivity contribution is -0.130. The minimum atomic E-state index is -0.206. The monoisotopic (exact) mass is 501 g/mol. The van der Waals surface area contributed by atoms with E-state index >= 15 is 0 Å². The highest BCUT2D eigenvalue weighted by Crippen LogP contribution is 2.38. The van der Waals surface area contributed by atoms with Crippen molar-refractivity contribution in [3.05, 3.63) is 83.3 Å². The van der Waals surface area contributed by atoms with Gasteiger partial charge in [0.15, 0.2) is 23.0 Å². The molecule has 5 rings (SSSR count). The number of pyridine rings is 1. The van der Waals surface area contributed by atoms with E-state index in [2.05, 4.69) is 9.38 Å². The van der Waals surface area contributed by atoms with Gasteiger partial charge >= 0.3 is 0 Å². The van der Waals surface area contributed by atoms with E-state index in [0.717, 1.165) is 33.8 Å². The van der Waals surface area contributed by atoms with Crippen molar-refractivity contribution in [2.45, 2.75) is 25.7 Å². The van der Waals surface area contributed by atoms with E-state index in [4.69, 9.17) is 18.9 Å². The number of hydrogen-bond donors (Lipinski definition) is 0. The van der Waals surface area contributed by atoms with Gasteiger partial charge in [0.05, 0.1) is 19.9 Å². The maximum atomic E-state index is 13.5. The van der Waals surface area contributed by atoms with Crippen molar-refractivity contribution >= 4 is 11.6 Å². The standard InChI is InChI=1S/C29H31N3O5/c1-19-6-5-12-32-23(17-30-29(19)32)22(21-8-10-25-27(15-21)37-18-36-25)16-28(33)31(2)13-11-20-7-9-24(34-3)26(14-20)35-4/h5-10,12,14-15,17,22H,11,13,16,18H2,1-4H3. The van der Waals surface area contributed by atoms with Gasteiger partial charge < -0.3 is 28.2 Å². The van der Waals surface area contributed by atoms with Crippen molar-refractivity contribution in [2.75, 3.05) is 34.6 Å². The Morgan fingerprint density at radius 3 is 2.70 bits per heavy atom. The minimum Gasteiger partial charge on any atom is -0.493 e. The van der Waals surface area contributed by atoms with Crippen molar-refractivity contribution in [3.63, 3.8) is 0 Å². The van der Waals surface area contributed by atoms with Gasteiger partial charge in [-0.05, 0) is 60.4 Å². The molecule has 1 atom stereocenters. The molecule has 0 spiro atoms. The summed E-state index contributed by atoms with van der Waals surface area (Å²) in [5.41, 5.74) is 4.98. The van der Waals surface area contributed by atoms with Gasteiger partial charge in [0.25, 0.3) is 0 Å². The van der Waals surface area contributed by atoms with Gasteiger partial charge in [0.2, 0.25) is 12.7 Å². The van der Waals surface area contributed by atoms with E-state index in [-0.39, 0.29) is 18.6 Å². The number of ether oxygens (including phenoxy) is 4. The highest BCUT2D eigenvalue weighted by molar-refractivity contribution is 5.77. The van der Waals surface area contributed by atoms with E-state index in [0.29, 0.717) is 36.6 Å². The smallest absolute Gasteiger partial charge is 0.231 e. The number of nitrogens with zero attached hydrogens (tertiary/aromatic N) is 3. The Bertz CT molecular complexity index is 1430. The zero-order chi connectivity index (χ0) is 25.9. The molecule has 192 valence electrons. The summed E-state index contributed by atoms with van der Waals surface area (Å²) in [6.07, 6.45) is 4.86. The van der Waals surface area contributed by atoms with Crippen molar-refractivity contribution in [2.24, 2.45) is 0 Å². The average Bonchev–Trinajstić information content (AvgIpc) is 3.57. The lowest BCUT2D eigenvalue weighted by Gasteiger charge is -2.22. The molecular formula is C29H31N3O5. The molecule has 0 bridgehead atoms. The Morgan fingerprint density at radius 1 is 1.08 bits per heavy atom. The SMILES string of the molecule is COc1ccc(CCN(C)C(=O)CC(c2ccc3c(c2)OCO3)c2cnc3c(C)cccn23)cc1OC. The summed E-state index contributed by atoms with van der Waals surface area (Å²) in [7, 11) is 5.08. The number of hydrogen-bond acceptors (Lipinski definition) is 6. The summed E-state index contributed by atoms with van der Waals surface area (Å²) >= 11 is 0. The fourth-order valence-corrected chi connectivity index (χ4v) is 4.74. The van der Waals surface area contributed by atoms with Crippen LogP contribution in [0.1, 0.15) is 34.7 Å². The molecule has 1 aliphatic rings. The predicted octanol–water partition coefficient (Wildman–Crippen LogP) is 4.61. The van der Waals surface area contributed by atoms with Crippen LogP contribution in [-0.4, -0.2) is 54.8 Å². The molecule has 0 saturated heterocycles. The molecule has 0 radical (unpaired) electrons. The second-order valence-corrected chi connectivity index (χ2v) is 9.19. The molecule has 8 heteroatoms. The first-order valence-corrected chi connectivity index (χ1v) is 12.3. The normalized spacial score (nSPS) is 13.0. The lowest BCUT2D eigenvalue weighted by Crippen LogP contribution is -2.30. The predicted molar refractivity (Wildman–Crippen MR) is 140 cm³/mol. The Morgan fingerprint density at radius 2 is 1.89 bits per heavy atom. The summed E-state index contributed by atoms with van der Waals surface area (Å²) in [6, 6.07) is 15.8. The van der Waals surface area contributed by atoms with Gasteiger partial charge in [-0.2, -0.15) is 0 Å². The third-order valence-electron chi connectivity index (χ3n) is 6.90. The van der Waals surface area contributed by atoms with Gasteiger partial charge in [-0.3, -0.25) is 4.79 Å². The highest BCUT2D eigenvalue weighted by Gasteiger charge is 2.26. The van der Waals surface area contributed by atoms with Crippen LogP contribution in [0.5, 0.6) is 23.0 Å². The minimum absolute atomic E-state index is 0.0470. The maximum Gasteiger partial charge on any atom is 0.231 e. The van der Waals surface area contributed by atoms with Crippen molar-refractivity contribution in [1.82, 2.24) is 14.3 Å². The Kier molecular flexibility index (Phi) is 6.90. The molecule has 37 heavy (non-hydrogen) atoms. The topological polar surface area (TPSA) is 74.5 Å². The van der Waals surface area contributed by atoms with E-state index in [1.165, 1.54) is 0 Å². The molecule has 0 fully saturated rings. The van der Waals surface area contributed by atoms with Gasteiger partial charge in [0.1, 0.15) is 5.65 Å². The van der Waals surface area contributed by atoms with E-state index in [9.17, 15) is 4.79 Å². The zero-order valence-electron chi connectivity index (χ0n) is 21.6. The highest BCUT2D eigenvalue weighted by atomic mass is 16.7. The number of rotatable bonds is 9. The van der Waals surface area contributed by atoms with Crippen LogP contribution in [0.2, 0.25) is 0 Å². The molecule has 3 heterocycles. The number of aryl methyl sites for hydroxylation is 1. The third kappa shape index (κ3) is 4.91. The molecule has 0 aliphatic carbocycles. The first-order chi connectivity index (χ1) is 18.0. The second kappa shape index (κ2) is 10.4. The number of likely N-dealkylation sites (N-methyl/N-ethyl adjacent to an activating group) is 1. The van der Waals surface area contributed by atoms with Gasteiger partial charge in [-0.15, -0.1) is 0 Å². The van der Waals surface area contributed by atoms with Crippen LogP contribution < -0.4 is 18.9 Å². The van der Waals surface area contributed by atoms with Crippen LogP contribution in [0.15, 0.2) is 60.9 Å². The second-order valence-electron chi connectivity index (χ2n) is 9.19. The van der Waals surface area contributed by atoms with Crippen molar-refractivity contribution < 1.29 is 23.7 Å². The van der Waals surface area contributed by atoms with Gasteiger partial charge in [0, 0.05) is 38.3 Å². The van der Waals surface area contributed by atoms with Crippen LogP contribution in [0.25, 0.3) is 5.65 Å². The molecule has 2 aromatic heterocycles. The number of imidazole rings is 1. The number of fused-ring (bicyclic) bond motifs is 2. The van der Waals surface area contributed by atoms with E-state index in [1.807, 2.05) is 74.9 Å². The summed E-state index contributed by atoms with van der Waals surface area (Å²) in [6.45, 7) is 2.82. The summed E-state index contributed by atoms with van der Waals surface area (Å²) in [4.78, 5) is 19.9. The van der Waals surface area contributed by atoms with Crippen LogP contribution in [0.4, 0.5) is 0 Å². The molecule has 4 aromatic rings. The maximum absolute atomic E-state index is 13.5. The van der Waals surface area contributed by atoms with Gasteiger partial charge in [-0.1, -0.05) is 18.2 Å². The fourth-order valence-electron chi connectivity index (χ4n) is 4.74. The van der Waals surface area contributed by atoms with Crippen molar-refractivity contribution in [1.29, 1.82) is 0 Å². The Hall–Kier alpha value is -4.20. The molecule has 1 unspecified atom stereocenters. The molecule has 1 amide bonds. The van der Waals surface area contributed by atoms with Gasteiger partial charge in [-0.25, -0.2) is 4.98 Å². The number of amides is 1. The zero-order valence-corrected chi connectivity index (χ0v) is 21.6. The van der Waals surface area contributed by atoms with Crippen LogP contribution in [0, 0.1) is 6.92 Å². The number of methoxy groups -OCH3 is 2. The number of benzene rings is 2. The van der Waals surface area contributed by atoms with Crippen molar-refractivity contribution in [3.8, 4) is 23.0 Å². The number of carbonyl (C=O) groups is 1. The molecule has 8 nitrogen and oxygen atoms in total. The molecule has 2 aromatic carbocycles. The van der Waals surface area contributed by atoms with Crippen LogP contribution in [0.3, 0.4) is 0 Å². The third-order valence-corrected chi connectivity index (χ3v) is 6.90. The number of aromatic nitrogens is 2. The molecule has 1 aliphatic heterocycles. The number of carbonyl (C=O) groups excluding carboxylic acids is 1. The average molecular weight is 502 g/mol. The Balaban J connectivity index is 1.38. The van der Waals surface area contributed by atoms with Crippen LogP contribution in [-0.2, 0) is 11.2 Å². The largest absolute Gasteiger partial charge is 0.493 e. The van der Waals surface area contributed by atoms with Crippen LogP contribution >= 0.6 is 0 Å². The summed E-state index contributed by atoms with van der Waals surface area (Å²) < 4.78 is 23.9. The molecular weight excluding hydrogens is 470 g/mol.